The second kappa shape index (κ2) is 7.31. The van der Waals surface area contributed by atoms with Crippen LogP contribution in [0, 0.1) is 11.8 Å². The fourth-order valence-corrected chi connectivity index (χ4v) is 2.47. The Labute approximate surface area is 104 Å². The van der Waals surface area contributed by atoms with Gasteiger partial charge in [0.15, 0.2) is 0 Å². The minimum atomic E-state index is -0.663. The van der Waals surface area contributed by atoms with Crippen LogP contribution in [0.25, 0.3) is 0 Å². The summed E-state index contributed by atoms with van der Waals surface area (Å²) in [5.74, 6) is 0.368. The molecule has 2 heteroatoms. The van der Waals surface area contributed by atoms with Gasteiger partial charge in [-0.3, -0.25) is 4.79 Å². The van der Waals surface area contributed by atoms with E-state index in [-0.39, 0.29) is 0 Å². The second-order valence-corrected chi connectivity index (χ2v) is 5.25. The van der Waals surface area contributed by atoms with E-state index in [2.05, 4.69) is 19.6 Å². The van der Waals surface area contributed by atoms with Crippen LogP contribution in [0.1, 0.15) is 51.9 Å². The van der Waals surface area contributed by atoms with E-state index in [9.17, 15) is 4.79 Å². The highest BCUT2D eigenvalue weighted by atomic mass is 16.4. The summed E-state index contributed by atoms with van der Waals surface area (Å²) in [6, 6.07) is 0. The van der Waals surface area contributed by atoms with Gasteiger partial charge in [0.25, 0.3) is 0 Å². The van der Waals surface area contributed by atoms with Gasteiger partial charge in [-0.1, -0.05) is 37.6 Å². The molecular weight excluding hydrogens is 212 g/mol. The molecule has 0 saturated heterocycles. The van der Waals surface area contributed by atoms with Gasteiger partial charge in [0.1, 0.15) is 0 Å². The van der Waals surface area contributed by atoms with Crippen molar-refractivity contribution in [3.63, 3.8) is 0 Å². The lowest BCUT2D eigenvalue weighted by Gasteiger charge is -2.19. The van der Waals surface area contributed by atoms with E-state index >= 15 is 0 Å². The minimum Gasteiger partial charge on any atom is -0.481 e. The van der Waals surface area contributed by atoms with Crippen LogP contribution in [0.5, 0.6) is 0 Å². The lowest BCUT2D eigenvalue weighted by Crippen LogP contribution is -2.11. The van der Waals surface area contributed by atoms with Crippen molar-refractivity contribution in [2.24, 2.45) is 11.8 Å². The summed E-state index contributed by atoms with van der Waals surface area (Å²) in [6.45, 7) is 6.10. The first kappa shape index (κ1) is 14.0. The number of carboxylic acids is 1. The Balaban J connectivity index is 2.62. The Morgan fingerprint density at radius 2 is 2.24 bits per heavy atom. The van der Waals surface area contributed by atoms with Crippen molar-refractivity contribution < 1.29 is 9.90 Å². The Bertz CT molecular complexity index is 291. The molecule has 0 amide bonds. The SMILES string of the molecule is C=C/C1=C/CCC(C)CCC(CC(=O)O)CC1. The number of aliphatic carboxylic acids is 1. The van der Waals surface area contributed by atoms with Crippen LogP contribution < -0.4 is 0 Å². The van der Waals surface area contributed by atoms with Crippen LogP contribution >= 0.6 is 0 Å². The molecule has 1 N–H and O–H groups in total. The van der Waals surface area contributed by atoms with Crippen LogP contribution in [0.3, 0.4) is 0 Å². The maximum atomic E-state index is 10.8. The van der Waals surface area contributed by atoms with E-state index in [4.69, 9.17) is 5.11 Å². The third-order valence-corrected chi connectivity index (χ3v) is 3.70. The molecular formula is C15H24O2. The summed E-state index contributed by atoms with van der Waals surface area (Å²) in [4.78, 5) is 10.8. The first-order chi connectivity index (χ1) is 8.11. The van der Waals surface area contributed by atoms with Gasteiger partial charge in [-0.05, 0) is 43.9 Å². The molecule has 0 spiro atoms. The number of carboxylic acid groups (broad SMARTS) is 1. The van der Waals surface area contributed by atoms with Crippen molar-refractivity contribution in [3.8, 4) is 0 Å². The molecule has 0 heterocycles. The van der Waals surface area contributed by atoms with Crippen molar-refractivity contribution in [3.05, 3.63) is 24.3 Å². The van der Waals surface area contributed by atoms with Crippen molar-refractivity contribution in [1.29, 1.82) is 0 Å². The molecule has 96 valence electrons. The zero-order valence-corrected chi connectivity index (χ0v) is 10.8. The molecule has 0 aromatic rings. The zero-order valence-electron chi connectivity index (χ0n) is 10.8. The number of allylic oxidation sites excluding steroid dienone is 3. The van der Waals surface area contributed by atoms with E-state index in [0.717, 1.165) is 32.1 Å². The van der Waals surface area contributed by atoms with E-state index in [0.29, 0.717) is 18.3 Å². The topological polar surface area (TPSA) is 37.3 Å². The summed E-state index contributed by atoms with van der Waals surface area (Å²) in [6.07, 6.45) is 11.0. The molecule has 2 atom stereocenters. The highest BCUT2D eigenvalue weighted by Gasteiger charge is 2.16. The molecule has 0 bridgehead atoms. The highest BCUT2D eigenvalue weighted by Crippen LogP contribution is 2.26. The van der Waals surface area contributed by atoms with Crippen molar-refractivity contribution in [2.75, 3.05) is 0 Å². The van der Waals surface area contributed by atoms with Crippen molar-refractivity contribution in [1.82, 2.24) is 0 Å². The number of hydrogen-bond donors (Lipinski definition) is 1. The number of hydrogen-bond acceptors (Lipinski definition) is 1. The monoisotopic (exact) mass is 236 g/mol. The van der Waals surface area contributed by atoms with Crippen molar-refractivity contribution in [2.45, 2.75) is 51.9 Å². The van der Waals surface area contributed by atoms with Gasteiger partial charge in [-0.15, -0.1) is 0 Å². The maximum absolute atomic E-state index is 10.8. The van der Waals surface area contributed by atoms with Crippen LogP contribution in [0.2, 0.25) is 0 Å². The lowest BCUT2D eigenvalue weighted by molar-refractivity contribution is -0.138. The van der Waals surface area contributed by atoms with Crippen LogP contribution in [-0.4, -0.2) is 11.1 Å². The lowest BCUT2D eigenvalue weighted by atomic mass is 9.86. The molecule has 1 aliphatic carbocycles. The van der Waals surface area contributed by atoms with E-state index in [1.54, 1.807) is 0 Å². The summed E-state index contributed by atoms with van der Waals surface area (Å²) >= 11 is 0. The van der Waals surface area contributed by atoms with Gasteiger partial charge in [-0.2, -0.15) is 0 Å². The predicted molar refractivity (Wildman–Crippen MR) is 70.9 cm³/mol. The normalized spacial score (nSPS) is 30.1. The Morgan fingerprint density at radius 3 is 2.88 bits per heavy atom. The summed E-state index contributed by atoms with van der Waals surface area (Å²) in [5, 5.41) is 8.91. The first-order valence-corrected chi connectivity index (χ1v) is 6.65. The van der Waals surface area contributed by atoms with Gasteiger partial charge in [0.05, 0.1) is 0 Å². The summed E-state index contributed by atoms with van der Waals surface area (Å²) < 4.78 is 0. The third-order valence-electron chi connectivity index (χ3n) is 3.70. The first-order valence-electron chi connectivity index (χ1n) is 6.65. The van der Waals surface area contributed by atoms with E-state index in [1.165, 1.54) is 12.0 Å². The van der Waals surface area contributed by atoms with Gasteiger partial charge in [0, 0.05) is 6.42 Å². The fraction of sp³-hybridized carbons (Fsp3) is 0.667. The zero-order chi connectivity index (χ0) is 12.7. The third kappa shape index (κ3) is 5.71. The van der Waals surface area contributed by atoms with Crippen molar-refractivity contribution >= 4 is 5.97 Å². The summed E-state index contributed by atoms with van der Waals surface area (Å²) in [7, 11) is 0. The standard InChI is InChI=1S/C15H24O2/c1-3-13-6-4-5-12(2)7-8-14(10-9-13)11-15(16)17/h3,6,12,14H,1,4-5,7-11H2,2H3,(H,16,17)/b13-6-. The minimum absolute atomic E-state index is 0.317. The van der Waals surface area contributed by atoms with Crippen LogP contribution in [0.15, 0.2) is 24.3 Å². The molecule has 0 radical (unpaired) electrons. The molecule has 1 aliphatic rings. The maximum Gasteiger partial charge on any atom is 0.303 e. The molecule has 0 fully saturated rings. The van der Waals surface area contributed by atoms with Gasteiger partial charge in [0.2, 0.25) is 0 Å². The molecule has 0 aliphatic heterocycles. The largest absolute Gasteiger partial charge is 0.481 e. The highest BCUT2D eigenvalue weighted by molar-refractivity contribution is 5.67. The molecule has 0 aromatic heterocycles. The Hall–Kier alpha value is -1.05. The van der Waals surface area contributed by atoms with Gasteiger partial charge in [-0.25, -0.2) is 0 Å². The Kier molecular flexibility index (Phi) is 6.03. The molecule has 0 saturated carbocycles. The molecule has 1 rings (SSSR count). The smallest absolute Gasteiger partial charge is 0.303 e. The van der Waals surface area contributed by atoms with Crippen LogP contribution in [0.4, 0.5) is 0 Å². The molecule has 2 nitrogen and oxygen atoms in total. The van der Waals surface area contributed by atoms with E-state index in [1.807, 2.05) is 6.08 Å². The van der Waals surface area contributed by atoms with E-state index < -0.39 is 5.97 Å². The predicted octanol–water partition coefficient (Wildman–Crippen LogP) is 4.18. The van der Waals surface area contributed by atoms with Gasteiger partial charge < -0.3 is 5.11 Å². The average molecular weight is 236 g/mol. The molecule has 17 heavy (non-hydrogen) atoms. The molecule has 2 unspecified atom stereocenters. The quantitative estimate of drug-likeness (QED) is 0.798. The fourth-order valence-electron chi connectivity index (χ4n) is 2.47. The summed E-state index contributed by atoms with van der Waals surface area (Å²) in [5.41, 5.74) is 1.29. The average Bonchev–Trinajstić information content (AvgIpc) is 2.29. The second-order valence-electron chi connectivity index (χ2n) is 5.25. The van der Waals surface area contributed by atoms with Gasteiger partial charge >= 0.3 is 5.97 Å². The van der Waals surface area contributed by atoms with Crippen LogP contribution in [-0.2, 0) is 4.79 Å². The number of carbonyl (C=O) groups is 1. The Morgan fingerprint density at radius 1 is 1.47 bits per heavy atom. The molecule has 0 aromatic carbocycles. The number of rotatable bonds is 3.